The smallest absolute Gasteiger partial charge is 0.0515 e. The molecule has 1 aromatic carbocycles. The first kappa shape index (κ1) is 26.6. The first-order valence-corrected chi connectivity index (χ1v) is 13.8. The lowest BCUT2D eigenvalue weighted by atomic mass is 10.0. The highest BCUT2D eigenvalue weighted by Gasteiger charge is 2.31. The van der Waals surface area contributed by atoms with E-state index in [0.29, 0.717) is 0 Å². The minimum absolute atomic E-state index is 0.875. The Morgan fingerprint density at radius 3 is 2.26 bits per heavy atom. The number of benzene rings is 1. The first-order valence-electron chi connectivity index (χ1n) is 13.8. The van der Waals surface area contributed by atoms with Gasteiger partial charge in [-0.15, -0.1) is 0 Å². The first-order chi connectivity index (χ1) is 16.6. The summed E-state index contributed by atoms with van der Waals surface area (Å²) in [6.45, 7) is 24.9. The fraction of sp³-hybridized carbons (Fsp3) is 0.600. The molecule has 0 unspecified atom stereocenters. The predicted octanol–water partition coefficient (Wildman–Crippen LogP) is 6.54. The molecule has 2 fully saturated rings. The van der Waals surface area contributed by atoms with Crippen LogP contribution in [0, 0.1) is 6.92 Å². The van der Waals surface area contributed by atoms with Crippen molar-refractivity contribution in [1.29, 1.82) is 0 Å². The van der Waals surface area contributed by atoms with Gasteiger partial charge >= 0.3 is 0 Å². The molecule has 0 amide bonds. The van der Waals surface area contributed by atoms with Crippen LogP contribution in [-0.4, -0.2) is 59.7 Å². The Labute approximate surface area is 208 Å². The summed E-state index contributed by atoms with van der Waals surface area (Å²) in [7, 11) is 0. The summed E-state index contributed by atoms with van der Waals surface area (Å²) in [6.07, 6.45) is 7.58. The van der Waals surface area contributed by atoms with E-state index in [0.717, 1.165) is 45.2 Å². The van der Waals surface area contributed by atoms with Gasteiger partial charge in [-0.25, -0.2) is 0 Å². The molecule has 0 spiro atoms. The quantitative estimate of drug-likeness (QED) is 0.543. The molecule has 1 saturated carbocycles. The standard InChI is InChI=1S/C25H34N4.C3H8.C2H6/c1-4-29-24(20-6-5-9-26-17-20)16-22-15-21(14-18(2)25(22)29)19(3)27-10-12-28(13-11-27)23-7-8-23;1-3-2;1-2/h6,14-16,23,26H,3-5,7-13,17H2,1-2H3;3H2,1-2H3;1-2H3. The lowest BCUT2D eigenvalue weighted by Crippen LogP contribution is -2.46. The Balaban J connectivity index is 0.000000603. The van der Waals surface area contributed by atoms with E-state index in [4.69, 9.17) is 0 Å². The zero-order valence-electron chi connectivity index (χ0n) is 22.7. The number of nitrogens with one attached hydrogen (secondary N) is 1. The van der Waals surface area contributed by atoms with Crippen molar-refractivity contribution in [3.63, 3.8) is 0 Å². The van der Waals surface area contributed by atoms with Crippen LogP contribution in [0.3, 0.4) is 0 Å². The molecule has 4 heteroatoms. The minimum Gasteiger partial charge on any atom is -0.369 e. The molecule has 0 atom stereocenters. The zero-order valence-corrected chi connectivity index (χ0v) is 22.7. The van der Waals surface area contributed by atoms with E-state index in [1.807, 2.05) is 13.8 Å². The molecule has 1 aliphatic carbocycles. The molecule has 2 aliphatic heterocycles. The summed E-state index contributed by atoms with van der Waals surface area (Å²) >= 11 is 0. The van der Waals surface area contributed by atoms with Crippen molar-refractivity contribution in [1.82, 2.24) is 19.7 Å². The lowest BCUT2D eigenvalue weighted by molar-refractivity contribution is 0.168. The number of aromatic nitrogens is 1. The summed E-state index contributed by atoms with van der Waals surface area (Å²) in [5.74, 6) is 0. The van der Waals surface area contributed by atoms with E-state index < -0.39 is 0 Å². The van der Waals surface area contributed by atoms with Gasteiger partial charge in [0.05, 0.1) is 5.52 Å². The average Bonchev–Trinajstić information content (AvgIpc) is 3.66. The zero-order chi connectivity index (χ0) is 24.7. The number of fused-ring (bicyclic) bond motifs is 1. The fourth-order valence-electron chi connectivity index (χ4n) is 5.21. The van der Waals surface area contributed by atoms with Crippen molar-refractivity contribution in [3.05, 3.63) is 47.7 Å². The molecular formula is C30H48N4. The maximum Gasteiger partial charge on any atom is 0.0515 e. The normalized spacial score (nSPS) is 18.5. The van der Waals surface area contributed by atoms with Crippen LogP contribution in [0.25, 0.3) is 22.2 Å². The molecule has 0 radical (unpaired) electrons. The molecule has 1 N–H and O–H groups in total. The molecule has 0 bridgehead atoms. The molecule has 2 aromatic rings. The van der Waals surface area contributed by atoms with E-state index in [-0.39, 0.29) is 0 Å². The lowest BCUT2D eigenvalue weighted by Gasteiger charge is -2.37. The van der Waals surface area contributed by atoms with Crippen LogP contribution >= 0.6 is 0 Å². The third-order valence-corrected chi connectivity index (χ3v) is 6.95. The summed E-state index contributed by atoms with van der Waals surface area (Å²) < 4.78 is 2.49. The number of hydrogen-bond acceptors (Lipinski definition) is 3. The highest BCUT2D eigenvalue weighted by molar-refractivity contribution is 5.91. The number of aryl methyl sites for hydroxylation is 2. The maximum atomic E-state index is 4.50. The summed E-state index contributed by atoms with van der Waals surface area (Å²) in [4.78, 5) is 5.16. The molecule has 3 aliphatic rings. The van der Waals surface area contributed by atoms with Crippen molar-refractivity contribution in [2.24, 2.45) is 0 Å². The van der Waals surface area contributed by atoms with Gasteiger partial charge in [-0.1, -0.05) is 46.8 Å². The monoisotopic (exact) mass is 464 g/mol. The molecule has 1 aromatic heterocycles. The Hall–Kier alpha value is -2.04. The van der Waals surface area contributed by atoms with Gasteiger partial charge in [-0.2, -0.15) is 0 Å². The van der Waals surface area contributed by atoms with Crippen molar-refractivity contribution in [3.8, 4) is 0 Å². The van der Waals surface area contributed by atoms with E-state index in [2.05, 4.69) is 78.2 Å². The van der Waals surface area contributed by atoms with Gasteiger partial charge in [0, 0.05) is 62.1 Å². The highest BCUT2D eigenvalue weighted by atomic mass is 15.3. The molecule has 1 saturated heterocycles. The predicted molar refractivity (Wildman–Crippen MR) is 150 cm³/mol. The van der Waals surface area contributed by atoms with Gasteiger partial charge in [0.25, 0.3) is 0 Å². The van der Waals surface area contributed by atoms with Crippen LogP contribution in [0.2, 0.25) is 0 Å². The van der Waals surface area contributed by atoms with Gasteiger partial charge in [0.1, 0.15) is 0 Å². The number of nitrogens with zero attached hydrogens (tertiary/aromatic N) is 3. The van der Waals surface area contributed by atoms with Gasteiger partial charge in [-0.05, 0) is 74.6 Å². The Morgan fingerprint density at radius 2 is 1.71 bits per heavy atom. The second-order valence-electron chi connectivity index (χ2n) is 9.61. The van der Waals surface area contributed by atoms with E-state index in [9.17, 15) is 0 Å². The Morgan fingerprint density at radius 1 is 1.03 bits per heavy atom. The molecule has 3 heterocycles. The van der Waals surface area contributed by atoms with Crippen LogP contribution < -0.4 is 5.32 Å². The van der Waals surface area contributed by atoms with Crippen LogP contribution in [-0.2, 0) is 6.54 Å². The van der Waals surface area contributed by atoms with Gasteiger partial charge < -0.3 is 14.8 Å². The second kappa shape index (κ2) is 12.6. The van der Waals surface area contributed by atoms with Crippen molar-refractivity contribution >= 4 is 22.2 Å². The number of rotatable bonds is 5. The summed E-state index contributed by atoms with van der Waals surface area (Å²) in [5, 5.41) is 4.87. The largest absolute Gasteiger partial charge is 0.369 e. The van der Waals surface area contributed by atoms with E-state index >= 15 is 0 Å². The van der Waals surface area contributed by atoms with Crippen LogP contribution in [0.4, 0.5) is 0 Å². The second-order valence-corrected chi connectivity index (χ2v) is 9.61. The van der Waals surface area contributed by atoms with Gasteiger partial charge in [0.2, 0.25) is 0 Å². The van der Waals surface area contributed by atoms with E-state index in [1.54, 1.807) is 0 Å². The maximum absolute atomic E-state index is 4.50. The van der Waals surface area contributed by atoms with Crippen LogP contribution in [0.5, 0.6) is 0 Å². The average molecular weight is 465 g/mol. The Kier molecular flexibility index (Phi) is 9.85. The van der Waals surface area contributed by atoms with Gasteiger partial charge in [-0.3, -0.25) is 4.90 Å². The molecule has 4 nitrogen and oxygen atoms in total. The third-order valence-electron chi connectivity index (χ3n) is 6.95. The minimum atomic E-state index is 0.875. The molecular weight excluding hydrogens is 416 g/mol. The summed E-state index contributed by atoms with van der Waals surface area (Å²) in [6, 6.07) is 7.98. The Bertz CT molecular complexity index is 971. The van der Waals surface area contributed by atoms with Crippen molar-refractivity contribution < 1.29 is 0 Å². The van der Waals surface area contributed by atoms with Gasteiger partial charge in [0.15, 0.2) is 0 Å². The van der Waals surface area contributed by atoms with E-state index in [1.165, 1.54) is 71.3 Å². The number of hydrogen-bond donors (Lipinski definition) is 1. The highest BCUT2D eigenvalue weighted by Crippen LogP contribution is 2.33. The topological polar surface area (TPSA) is 23.4 Å². The van der Waals surface area contributed by atoms with Crippen molar-refractivity contribution in [2.75, 3.05) is 39.3 Å². The SMILES string of the molecule is C=C(c1cc(C)c2c(c1)cc(C1=CCCNC1)n2CC)N1CCN(C2CC2)CC1.CC.CCC. The molecule has 34 heavy (non-hydrogen) atoms. The number of piperazine rings is 1. The van der Waals surface area contributed by atoms with Crippen LogP contribution in [0.1, 0.15) is 77.1 Å². The molecule has 188 valence electrons. The van der Waals surface area contributed by atoms with Crippen LogP contribution in [0.15, 0.2) is 30.9 Å². The molecule has 5 rings (SSSR count). The fourth-order valence-corrected chi connectivity index (χ4v) is 5.21. The third kappa shape index (κ3) is 5.95. The summed E-state index contributed by atoms with van der Waals surface area (Å²) in [5.41, 5.74) is 8.01. The van der Waals surface area contributed by atoms with Crippen molar-refractivity contribution in [2.45, 2.75) is 79.8 Å².